The summed E-state index contributed by atoms with van der Waals surface area (Å²) < 4.78 is 1.74. The van der Waals surface area contributed by atoms with Crippen molar-refractivity contribution in [1.82, 2.24) is 14.6 Å². The Morgan fingerprint density at radius 1 is 1.26 bits per heavy atom. The first-order chi connectivity index (χ1) is 11.1. The minimum Gasteiger partial charge on any atom is -0.321 e. The highest BCUT2D eigenvalue weighted by Crippen LogP contribution is 2.17. The van der Waals surface area contributed by atoms with Crippen LogP contribution in [-0.2, 0) is 0 Å². The predicted octanol–water partition coefficient (Wildman–Crippen LogP) is 2.98. The molecule has 0 unspecified atom stereocenters. The second kappa shape index (κ2) is 5.89. The van der Waals surface area contributed by atoms with Gasteiger partial charge in [-0.05, 0) is 36.2 Å². The Hall–Kier alpha value is -3.20. The van der Waals surface area contributed by atoms with Crippen LogP contribution in [0.3, 0.4) is 0 Å². The van der Waals surface area contributed by atoms with Crippen LogP contribution in [0.25, 0.3) is 5.65 Å². The number of anilines is 1. The summed E-state index contributed by atoms with van der Waals surface area (Å²) in [4.78, 5) is 16.8. The number of amides is 1. The second-order valence-corrected chi connectivity index (χ2v) is 5.47. The van der Waals surface area contributed by atoms with Crippen molar-refractivity contribution in [1.29, 1.82) is 5.26 Å². The number of aromatic nitrogens is 3. The summed E-state index contributed by atoms with van der Waals surface area (Å²) in [5.74, 6) is -0.0813. The van der Waals surface area contributed by atoms with E-state index in [4.69, 9.17) is 5.26 Å². The van der Waals surface area contributed by atoms with E-state index in [1.807, 2.05) is 19.9 Å². The van der Waals surface area contributed by atoms with Gasteiger partial charge in [-0.3, -0.25) is 4.79 Å². The zero-order valence-corrected chi connectivity index (χ0v) is 12.8. The van der Waals surface area contributed by atoms with E-state index in [2.05, 4.69) is 15.4 Å². The Bertz CT molecular complexity index is 903. The predicted molar refractivity (Wildman–Crippen MR) is 86.2 cm³/mol. The maximum atomic E-state index is 12.4. The molecule has 0 fully saturated rings. The number of hydrogen-bond donors (Lipinski definition) is 1. The molecule has 0 atom stereocenters. The molecule has 0 bridgehead atoms. The molecule has 0 saturated carbocycles. The summed E-state index contributed by atoms with van der Waals surface area (Å²) in [5.41, 5.74) is 3.07. The summed E-state index contributed by atoms with van der Waals surface area (Å²) in [5, 5.41) is 15.8. The van der Waals surface area contributed by atoms with Gasteiger partial charge in [-0.25, -0.2) is 9.50 Å². The highest BCUT2D eigenvalue weighted by Gasteiger charge is 2.14. The van der Waals surface area contributed by atoms with E-state index >= 15 is 0 Å². The number of nitrogens with one attached hydrogen (secondary N) is 1. The van der Waals surface area contributed by atoms with Crippen LogP contribution >= 0.6 is 0 Å². The van der Waals surface area contributed by atoms with Gasteiger partial charge in [0.05, 0.1) is 17.8 Å². The molecule has 114 valence electrons. The molecule has 2 heterocycles. The van der Waals surface area contributed by atoms with Gasteiger partial charge in [-0.2, -0.15) is 10.4 Å². The fourth-order valence-corrected chi connectivity index (χ4v) is 2.29. The number of rotatable bonds is 3. The third kappa shape index (κ3) is 2.90. The highest BCUT2D eigenvalue weighted by molar-refractivity contribution is 6.03. The average molecular weight is 305 g/mol. The molecule has 1 N–H and O–H groups in total. The molecular formula is C17H15N5O. The van der Waals surface area contributed by atoms with Crippen molar-refractivity contribution in [3.8, 4) is 6.07 Å². The maximum Gasteiger partial charge on any atom is 0.274 e. The Morgan fingerprint density at radius 3 is 2.65 bits per heavy atom. The molecule has 0 spiro atoms. The number of fused-ring (bicyclic) bond motifs is 1. The van der Waals surface area contributed by atoms with E-state index in [-0.39, 0.29) is 11.8 Å². The molecule has 3 rings (SSSR count). The zero-order chi connectivity index (χ0) is 16.4. The molecule has 6 heteroatoms. The van der Waals surface area contributed by atoms with Crippen LogP contribution in [0, 0.1) is 11.3 Å². The number of carbonyl (C=O) groups is 1. The monoisotopic (exact) mass is 305 g/mol. The van der Waals surface area contributed by atoms with E-state index in [0.717, 1.165) is 5.69 Å². The molecule has 2 aromatic heterocycles. The van der Waals surface area contributed by atoms with E-state index in [1.165, 1.54) is 0 Å². The van der Waals surface area contributed by atoms with Crippen LogP contribution < -0.4 is 5.32 Å². The quantitative estimate of drug-likeness (QED) is 0.806. The zero-order valence-electron chi connectivity index (χ0n) is 12.8. The van der Waals surface area contributed by atoms with Gasteiger partial charge >= 0.3 is 0 Å². The minimum atomic E-state index is -0.291. The number of hydrogen-bond acceptors (Lipinski definition) is 4. The topological polar surface area (TPSA) is 83.1 Å². The fourth-order valence-electron chi connectivity index (χ4n) is 2.29. The number of nitriles is 1. The Morgan fingerprint density at radius 2 is 2.00 bits per heavy atom. The lowest BCUT2D eigenvalue weighted by atomic mass is 10.1. The highest BCUT2D eigenvalue weighted by atomic mass is 16.1. The SMILES string of the molecule is CC(C)c1cc(C(=O)Nc2ccc(C#N)cc2)nc2ccnn12. The molecule has 23 heavy (non-hydrogen) atoms. The molecule has 0 radical (unpaired) electrons. The lowest BCUT2D eigenvalue weighted by molar-refractivity contribution is 0.102. The smallest absolute Gasteiger partial charge is 0.274 e. The van der Waals surface area contributed by atoms with Crippen LogP contribution in [0.15, 0.2) is 42.6 Å². The van der Waals surface area contributed by atoms with Gasteiger partial charge < -0.3 is 5.32 Å². The van der Waals surface area contributed by atoms with Gasteiger partial charge in [0.2, 0.25) is 0 Å². The van der Waals surface area contributed by atoms with Gasteiger partial charge in [0.1, 0.15) is 5.69 Å². The number of benzene rings is 1. The normalized spacial score (nSPS) is 10.7. The molecule has 6 nitrogen and oxygen atoms in total. The lowest BCUT2D eigenvalue weighted by Crippen LogP contribution is -2.16. The maximum absolute atomic E-state index is 12.4. The number of carbonyl (C=O) groups excluding carboxylic acids is 1. The van der Waals surface area contributed by atoms with E-state index in [9.17, 15) is 4.79 Å². The third-order valence-corrected chi connectivity index (χ3v) is 3.48. The standard InChI is InChI=1S/C17H15N5O/c1-11(2)15-9-14(21-16-7-8-19-22(15)16)17(23)20-13-5-3-12(10-18)4-6-13/h3-9,11H,1-2H3,(H,20,23). The molecule has 0 aliphatic heterocycles. The van der Waals surface area contributed by atoms with Crippen molar-refractivity contribution in [2.24, 2.45) is 0 Å². The molecule has 0 saturated heterocycles. The molecule has 1 amide bonds. The average Bonchev–Trinajstić information content (AvgIpc) is 3.02. The molecular weight excluding hydrogens is 290 g/mol. The summed E-state index contributed by atoms with van der Waals surface area (Å²) >= 11 is 0. The van der Waals surface area contributed by atoms with Gasteiger partial charge in [-0.15, -0.1) is 0 Å². The van der Waals surface area contributed by atoms with E-state index in [1.54, 1.807) is 47.1 Å². The van der Waals surface area contributed by atoms with Crippen LogP contribution in [-0.4, -0.2) is 20.5 Å². The summed E-state index contributed by atoms with van der Waals surface area (Å²) in [6.07, 6.45) is 1.66. The first kappa shape index (κ1) is 14.7. The van der Waals surface area contributed by atoms with Crippen LogP contribution in [0.5, 0.6) is 0 Å². The van der Waals surface area contributed by atoms with Gasteiger partial charge in [0.25, 0.3) is 5.91 Å². The van der Waals surface area contributed by atoms with Crippen LogP contribution in [0.2, 0.25) is 0 Å². The van der Waals surface area contributed by atoms with Crippen molar-refractivity contribution >= 4 is 17.2 Å². The van der Waals surface area contributed by atoms with Gasteiger partial charge in [0, 0.05) is 17.4 Å². The molecule has 3 aromatic rings. The van der Waals surface area contributed by atoms with Crippen LogP contribution in [0.1, 0.15) is 41.5 Å². The van der Waals surface area contributed by atoms with Gasteiger partial charge in [0.15, 0.2) is 5.65 Å². The first-order valence-corrected chi connectivity index (χ1v) is 7.24. The largest absolute Gasteiger partial charge is 0.321 e. The fraction of sp³-hybridized carbons (Fsp3) is 0.176. The lowest BCUT2D eigenvalue weighted by Gasteiger charge is -2.11. The Kier molecular flexibility index (Phi) is 3.77. The third-order valence-electron chi connectivity index (χ3n) is 3.48. The van der Waals surface area contributed by atoms with E-state index < -0.39 is 0 Å². The molecule has 0 aliphatic rings. The summed E-state index contributed by atoms with van der Waals surface area (Å²) in [7, 11) is 0. The summed E-state index contributed by atoms with van der Waals surface area (Å²) in [6.45, 7) is 4.08. The Balaban J connectivity index is 1.92. The van der Waals surface area contributed by atoms with Crippen molar-refractivity contribution < 1.29 is 4.79 Å². The van der Waals surface area contributed by atoms with Crippen molar-refractivity contribution in [2.45, 2.75) is 19.8 Å². The van der Waals surface area contributed by atoms with Gasteiger partial charge in [-0.1, -0.05) is 13.8 Å². The van der Waals surface area contributed by atoms with Crippen LogP contribution in [0.4, 0.5) is 5.69 Å². The van der Waals surface area contributed by atoms with Crippen molar-refractivity contribution in [3.63, 3.8) is 0 Å². The van der Waals surface area contributed by atoms with Crippen molar-refractivity contribution in [3.05, 3.63) is 59.5 Å². The molecule has 0 aliphatic carbocycles. The first-order valence-electron chi connectivity index (χ1n) is 7.24. The summed E-state index contributed by atoms with van der Waals surface area (Å²) in [6, 6.07) is 12.3. The molecule has 1 aromatic carbocycles. The van der Waals surface area contributed by atoms with E-state index in [0.29, 0.717) is 22.6 Å². The second-order valence-electron chi connectivity index (χ2n) is 5.47. The van der Waals surface area contributed by atoms with Crippen molar-refractivity contribution in [2.75, 3.05) is 5.32 Å². The minimum absolute atomic E-state index is 0.210. The number of nitrogens with zero attached hydrogens (tertiary/aromatic N) is 4. The Labute approximate surface area is 133 Å².